The molecule has 82 valence electrons. The van der Waals surface area contributed by atoms with Gasteiger partial charge in [-0.05, 0) is 31.1 Å². The van der Waals surface area contributed by atoms with Gasteiger partial charge >= 0.3 is 0 Å². The van der Waals surface area contributed by atoms with Crippen molar-refractivity contribution in [3.8, 4) is 0 Å². The van der Waals surface area contributed by atoms with E-state index in [2.05, 4.69) is 0 Å². The highest BCUT2D eigenvalue weighted by Gasteiger charge is 2.61. The molecule has 0 amide bonds. The van der Waals surface area contributed by atoms with Gasteiger partial charge in [0.15, 0.2) is 0 Å². The lowest BCUT2D eigenvalue weighted by Crippen LogP contribution is -2.45. The van der Waals surface area contributed by atoms with Crippen LogP contribution in [0.3, 0.4) is 0 Å². The van der Waals surface area contributed by atoms with E-state index in [0.717, 1.165) is 25.9 Å². The fourth-order valence-electron chi connectivity index (χ4n) is 4.51. The van der Waals surface area contributed by atoms with Gasteiger partial charge in [-0.15, -0.1) is 0 Å². The Morgan fingerprint density at radius 2 is 2.00 bits per heavy atom. The van der Waals surface area contributed by atoms with Crippen LogP contribution < -0.4 is 0 Å². The molecule has 3 saturated heterocycles. The molecule has 4 rings (SSSR count). The van der Waals surface area contributed by atoms with Gasteiger partial charge in [-0.25, -0.2) is 0 Å². The van der Waals surface area contributed by atoms with Crippen LogP contribution >= 0.6 is 0 Å². The van der Waals surface area contributed by atoms with E-state index in [0.29, 0.717) is 36.1 Å². The summed E-state index contributed by atoms with van der Waals surface area (Å²) in [6, 6.07) is 0. The second-order valence-electron chi connectivity index (χ2n) is 5.54. The van der Waals surface area contributed by atoms with Crippen LogP contribution in [0.1, 0.15) is 19.3 Å². The molecule has 3 heteroatoms. The molecule has 7 atom stereocenters. The topological polar surface area (TPSA) is 35.5 Å². The molecule has 4 aliphatic rings. The Morgan fingerprint density at radius 3 is 2.87 bits per heavy atom. The Bertz CT molecular complexity index is 303. The lowest BCUT2D eigenvalue weighted by molar-refractivity contribution is -0.139. The van der Waals surface area contributed by atoms with Crippen molar-refractivity contribution in [2.45, 2.75) is 37.6 Å². The molecule has 1 saturated carbocycles. The normalized spacial score (nSPS) is 60.7. The molecule has 0 unspecified atom stereocenters. The van der Waals surface area contributed by atoms with Crippen molar-refractivity contribution < 1.29 is 14.3 Å². The first-order chi connectivity index (χ1) is 7.38. The zero-order valence-corrected chi connectivity index (χ0v) is 8.67. The van der Waals surface area contributed by atoms with Crippen LogP contribution in [0.25, 0.3) is 0 Å². The van der Waals surface area contributed by atoms with Gasteiger partial charge in [0.1, 0.15) is 6.29 Å². The molecule has 3 nitrogen and oxygen atoms in total. The fourth-order valence-corrected chi connectivity index (χ4v) is 4.51. The first kappa shape index (κ1) is 8.71. The summed E-state index contributed by atoms with van der Waals surface area (Å²) in [4.78, 5) is 11.1. The van der Waals surface area contributed by atoms with Crippen LogP contribution in [-0.4, -0.2) is 31.2 Å². The highest BCUT2D eigenvalue weighted by atomic mass is 16.6. The van der Waals surface area contributed by atoms with Gasteiger partial charge in [-0.1, -0.05) is 0 Å². The lowest BCUT2D eigenvalue weighted by atomic mass is 9.80. The second-order valence-corrected chi connectivity index (χ2v) is 5.54. The third kappa shape index (κ3) is 0.961. The van der Waals surface area contributed by atoms with Gasteiger partial charge < -0.3 is 14.3 Å². The van der Waals surface area contributed by atoms with Crippen LogP contribution in [0.5, 0.6) is 0 Å². The molecule has 0 aromatic carbocycles. The minimum Gasteiger partial charge on any atom is -0.375 e. The Hall–Kier alpha value is -0.410. The lowest BCUT2D eigenvalue weighted by Gasteiger charge is -2.37. The number of hydrogen-bond acceptors (Lipinski definition) is 3. The van der Waals surface area contributed by atoms with E-state index in [4.69, 9.17) is 9.47 Å². The summed E-state index contributed by atoms with van der Waals surface area (Å²) in [5.74, 6) is 1.99. The van der Waals surface area contributed by atoms with Crippen molar-refractivity contribution in [1.29, 1.82) is 0 Å². The second kappa shape index (κ2) is 2.83. The van der Waals surface area contributed by atoms with E-state index in [-0.39, 0.29) is 5.92 Å². The third-order valence-corrected chi connectivity index (χ3v) is 5.00. The van der Waals surface area contributed by atoms with E-state index in [1.807, 2.05) is 0 Å². The highest BCUT2D eigenvalue weighted by Crippen LogP contribution is 2.56. The molecule has 0 radical (unpaired) electrons. The standard InChI is InChI=1S/C12H16O3/c13-4-6-3-7-5-14-12-9-2-1-8(15-9)10(6)11(7)12/h4,6-12H,1-3,5H2/t6-,7+,8-,9+,10-,11-,12+/m0/s1. The first-order valence-corrected chi connectivity index (χ1v) is 6.11. The molecule has 3 heterocycles. The summed E-state index contributed by atoms with van der Waals surface area (Å²) in [5.41, 5.74) is 0. The summed E-state index contributed by atoms with van der Waals surface area (Å²) in [6.07, 6.45) is 5.50. The average molecular weight is 208 g/mol. The molecular formula is C12H16O3. The summed E-state index contributed by atoms with van der Waals surface area (Å²) >= 11 is 0. The number of fused-ring (bicyclic) bond motifs is 4. The maximum atomic E-state index is 11.1. The monoisotopic (exact) mass is 208 g/mol. The van der Waals surface area contributed by atoms with Gasteiger partial charge in [0.25, 0.3) is 0 Å². The van der Waals surface area contributed by atoms with Crippen molar-refractivity contribution in [3.05, 3.63) is 0 Å². The van der Waals surface area contributed by atoms with Crippen LogP contribution in [-0.2, 0) is 14.3 Å². The SMILES string of the molecule is O=C[C@@H]1C[C@@H]2CO[C@H]3[C@@H]2[C@@H]1[C@@H]1CC[C@H]3O1. The first-order valence-electron chi connectivity index (χ1n) is 6.11. The molecule has 15 heavy (non-hydrogen) atoms. The Labute approximate surface area is 89.1 Å². The molecule has 0 aromatic heterocycles. The van der Waals surface area contributed by atoms with Crippen molar-refractivity contribution in [2.24, 2.45) is 23.7 Å². The number of carbonyl (C=O) groups is 1. The summed E-state index contributed by atoms with van der Waals surface area (Å²) in [7, 11) is 0. The minimum absolute atomic E-state index is 0.246. The minimum atomic E-state index is 0.246. The Kier molecular flexibility index (Phi) is 1.64. The number of rotatable bonds is 1. The predicted octanol–water partition coefficient (Wildman–Crippen LogP) is 1.01. The van der Waals surface area contributed by atoms with E-state index in [9.17, 15) is 4.79 Å². The zero-order valence-electron chi connectivity index (χ0n) is 8.67. The molecule has 0 N–H and O–H groups in total. The molecule has 2 bridgehead atoms. The van der Waals surface area contributed by atoms with Crippen molar-refractivity contribution in [3.63, 3.8) is 0 Å². The van der Waals surface area contributed by atoms with Crippen molar-refractivity contribution in [1.82, 2.24) is 0 Å². The summed E-state index contributed by atoms with van der Waals surface area (Å²) < 4.78 is 11.9. The Morgan fingerprint density at radius 1 is 1.13 bits per heavy atom. The molecule has 0 aromatic rings. The quantitative estimate of drug-likeness (QED) is 0.603. The summed E-state index contributed by atoms with van der Waals surface area (Å²) in [5, 5.41) is 0. The molecule has 0 spiro atoms. The van der Waals surface area contributed by atoms with E-state index >= 15 is 0 Å². The molecule has 4 fully saturated rings. The van der Waals surface area contributed by atoms with E-state index in [1.165, 1.54) is 6.29 Å². The largest absolute Gasteiger partial charge is 0.375 e. The van der Waals surface area contributed by atoms with Crippen LogP contribution in [0.15, 0.2) is 0 Å². The number of aldehydes is 1. The van der Waals surface area contributed by atoms with Gasteiger partial charge in [-0.3, -0.25) is 0 Å². The van der Waals surface area contributed by atoms with Gasteiger partial charge in [0.2, 0.25) is 0 Å². The van der Waals surface area contributed by atoms with Crippen LogP contribution in [0.4, 0.5) is 0 Å². The fraction of sp³-hybridized carbons (Fsp3) is 0.917. The zero-order chi connectivity index (χ0) is 9.99. The van der Waals surface area contributed by atoms with Gasteiger partial charge in [-0.2, -0.15) is 0 Å². The highest BCUT2D eigenvalue weighted by molar-refractivity contribution is 5.55. The maximum absolute atomic E-state index is 11.1. The van der Waals surface area contributed by atoms with Crippen LogP contribution in [0.2, 0.25) is 0 Å². The van der Waals surface area contributed by atoms with Crippen LogP contribution in [0, 0.1) is 23.7 Å². The maximum Gasteiger partial charge on any atom is 0.123 e. The van der Waals surface area contributed by atoms with Gasteiger partial charge in [0, 0.05) is 11.8 Å². The average Bonchev–Trinajstić information content (AvgIpc) is 2.89. The molecular weight excluding hydrogens is 192 g/mol. The van der Waals surface area contributed by atoms with E-state index in [1.54, 1.807) is 0 Å². The molecule has 1 aliphatic carbocycles. The number of carbonyl (C=O) groups excluding carboxylic acids is 1. The van der Waals surface area contributed by atoms with Gasteiger partial charge in [0.05, 0.1) is 24.9 Å². The number of ether oxygens (including phenoxy) is 2. The molecule has 3 aliphatic heterocycles. The Balaban J connectivity index is 1.76. The van der Waals surface area contributed by atoms with Crippen molar-refractivity contribution >= 4 is 6.29 Å². The van der Waals surface area contributed by atoms with E-state index < -0.39 is 0 Å². The predicted molar refractivity (Wildman–Crippen MR) is 52.3 cm³/mol. The summed E-state index contributed by atoms with van der Waals surface area (Å²) in [6.45, 7) is 0.864. The smallest absolute Gasteiger partial charge is 0.123 e. The van der Waals surface area contributed by atoms with Crippen molar-refractivity contribution in [2.75, 3.05) is 6.61 Å². The third-order valence-electron chi connectivity index (χ3n) is 5.00. The number of hydrogen-bond donors (Lipinski definition) is 0.